The van der Waals surface area contributed by atoms with Crippen LogP contribution in [0.1, 0.15) is 22.5 Å². The van der Waals surface area contributed by atoms with Crippen LogP contribution < -0.4 is 10.6 Å². The van der Waals surface area contributed by atoms with E-state index in [1.807, 2.05) is 0 Å². The van der Waals surface area contributed by atoms with Crippen molar-refractivity contribution in [1.82, 2.24) is 15.6 Å². The Hall–Kier alpha value is -3.97. The first-order valence-corrected chi connectivity index (χ1v) is 10.8. The largest absolute Gasteiger partial charge is 0.411 e. The van der Waals surface area contributed by atoms with Crippen molar-refractivity contribution in [3.05, 3.63) is 76.4 Å². The molecule has 1 aromatic heterocycles. The second kappa shape index (κ2) is 13.2. The number of oxime groups is 1. The maximum Gasteiger partial charge on any atom is 0.319 e. The smallest absolute Gasteiger partial charge is 0.319 e. The molecular formula is C23H24F3N5O5. The molecule has 3 rings (SSSR count). The SMILES string of the molecule is Cc1cc(C/C(=N\O)c2nonc2COCCOCCNC(=O)Nc2cc(F)cc(F)c2)ccc1F. The summed E-state index contributed by atoms with van der Waals surface area (Å²) in [6.07, 6.45) is 0.177. The van der Waals surface area contributed by atoms with Crippen LogP contribution in [0.25, 0.3) is 0 Å². The number of nitrogens with zero attached hydrogens (tertiary/aromatic N) is 3. The van der Waals surface area contributed by atoms with Crippen molar-refractivity contribution in [1.29, 1.82) is 0 Å². The standard InChI is InChI=1S/C23H24F3N5O5/c1-14-8-15(2-3-19(14)26)9-20(29-33)22-21(30-36-31-22)13-35-7-6-34-5-4-27-23(32)28-18-11-16(24)10-17(25)12-18/h2-3,8,10-12,33H,4-7,9,13H2,1H3,(H2,27,28,32)/b29-20+. The number of nitrogens with one attached hydrogen (secondary N) is 2. The van der Waals surface area contributed by atoms with E-state index in [-0.39, 0.29) is 62.3 Å². The Balaban J connectivity index is 1.34. The average molecular weight is 507 g/mol. The van der Waals surface area contributed by atoms with Gasteiger partial charge >= 0.3 is 6.03 Å². The predicted molar refractivity (Wildman–Crippen MR) is 121 cm³/mol. The van der Waals surface area contributed by atoms with Crippen molar-refractivity contribution in [2.75, 3.05) is 31.7 Å². The number of benzene rings is 2. The Bertz CT molecular complexity index is 1180. The molecule has 10 nitrogen and oxygen atoms in total. The predicted octanol–water partition coefficient (Wildman–Crippen LogP) is 3.57. The summed E-state index contributed by atoms with van der Waals surface area (Å²) in [6, 6.07) is 6.60. The molecule has 3 N–H and O–H groups in total. The van der Waals surface area contributed by atoms with Crippen LogP contribution in [0.3, 0.4) is 0 Å². The molecule has 36 heavy (non-hydrogen) atoms. The summed E-state index contributed by atoms with van der Waals surface area (Å²) in [7, 11) is 0. The van der Waals surface area contributed by atoms with Crippen LogP contribution >= 0.6 is 0 Å². The Morgan fingerprint density at radius 1 is 1.06 bits per heavy atom. The summed E-state index contributed by atoms with van der Waals surface area (Å²) in [6.45, 7) is 2.35. The minimum Gasteiger partial charge on any atom is -0.411 e. The first-order chi connectivity index (χ1) is 17.4. The molecule has 0 atom stereocenters. The van der Waals surface area contributed by atoms with Crippen LogP contribution in [-0.2, 0) is 22.5 Å². The summed E-state index contributed by atoms with van der Waals surface area (Å²) >= 11 is 0. The third kappa shape index (κ3) is 8.06. The lowest BCUT2D eigenvalue weighted by Gasteiger charge is -2.09. The number of amides is 2. The van der Waals surface area contributed by atoms with Gasteiger partial charge in [0.1, 0.15) is 28.9 Å². The Morgan fingerprint density at radius 3 is 2.53 bits per heavy atom. The molecule has 0 spiro atoms. The van der Waals surface area contributed by atoms with Gasteiger partial charge in [-0.1, -0.05) is 22.4 Å². The molecule has 0 aliphatic rings. The second-order valence-corrected chi connectivity index (χ2v) is 7.57. The molecule has 0 fully saturated rings. The lowest BCUT2D eigenvalue weighted by atomic mass is 10.0. The number of halogens is 3. The van der Waals surface area contributed by atoms with Crippen LogP contribution in [-0.4, -0.2) is 53.6 Å². The normalized spacial score (nSPS) is 11.5. The molecule has 2 aromatic carbocycles. The van der Waals surface area contributed by atoms with Gasteiger partial charge in [0.05, 0.1) is 26.4 Å². The molecule has 2 amide bonds. The fourth-order valence-corrected chi connectivity index (χ4v) is 3.12. The molecule has 0 aliphatic heterocycles. The number of carbonyl (C=O) groups is 1. The van der Waals surface area contributed by atoms with Crippen molar-refractivity contribution in [2.24, 2.45) is 5.16 Å². The van der Waals surface area contributed by atoms with E-state index in [0.29, 0.717) is 17.3 Å². The number of hydrogen-bond acceptors (Lipinski definition) is 8. The van der Waals surface area contributed by atoms with E-state index in [1.165, 1.54) is 6.07 Å². The molecule has 0 saturated heterocycles. The van der Waals surface area contributed by atoms with E-state index in [0.717, 1.165) is 17.7 Å². The summed E-state index contributed by atoms with van der Waals surface area (Å²) in [5.74, 6) is -1.93. The fraction of sp³-hybridized carbons (Fsp3) is 0.304. The zero-order valence-corrected chi connectivity index (χ0v) is 19.3. The number of anilines is 1. The summed E-state index contributed by atoms with van der Waals surface area (Å²) < 4.78 is 55.3. The van der Waals surface area contributed by atoms with Gasteiger partial charge in [0, 0.05) is 24.7 Å². The topological polar surface area (TPSA) is 131 Å². The minimum absolute atomic E-state index is 0.00844. The zero-order chi connectivity index (χ0) is 25.9. The summed E-state index contributed by atoms with van der Waals surface area (Å²) in [5, 5.41) is 25.0. The Labute approximate surface area is 204 Å². The van der Waals surface area contributed by atoms with Gasteiger partial charge in [-0.05, 0) is 41.4 Å². The number of carbonyl (C=O) groups excluding carboxylic acids is 1. The van der Waals surface area contributed by atoms with Gasteiger partial charge in [-0.3, -0.25) is 0 Å². The first kappa shape index (κ1) is 26.6. The van der Waals surface area contributed by atoms with E-state index in [4.69, 9.17) is 14.1 Å². The molecule has 13 heteroatoms. The molecule has 192 valence electrons. The Morgan fingerprint density at radius 2 is 1.81 bits per heavy atom. The highest BCUT2D eigenvalue weighted by atomic mass is 19.1. The van der Waals surface area contributed by atoms with E-state index in [9.17, 15) is 23.2 Å². The summed E-state index contributed by atoms with van der Waals surface area (Å²) in [5.41, 5.74) is 1.88. The molecular weight excluding hydrogens is 483 g/mol. The molecule has 0 saturated carbocycles. The van der Waals surface area contributed by atoms with Crippen LogP contribution in [0.15, 0.2) is 46.2 Å². The quantitative estimate of drug-likeness (QED) is 0.148. The number of ether oxygens (including phenoxy) is 2. The molecule has 0 radical (unpaired) electrons. The van der Waals surface area contributed by atoms with Gasteiger partial charge in [0.15, 0.2) is 5.69 Å². The highest BCUT2D eigenvalue weighted by molar-refractivity contribution is 6.00. The van der Waals surface area contributed by atoms with Crippen molar-refractivity contribution in [3.8, 4) is 0 Å². The third-order valence-corrected chi connectivity index (χ3v) is 4.81. The average Bonchev–Trinajstić information content (AvgIpc) is 3.29. The highest BCUT2D eigenvalue weighted by Gasteiger charge is 2.18. The van der Waals surface area contributed by atoms with Crippen molar-refractivity contribution >= 4 is 17.4 Å². The van der Waals surface area contributed by atoms with Crippen molar-refractivity contribution in [3.63, 3.8) is 0 Å². The van der Waals surface area contributed by atoms with Crippen molar-refractivity contribution in [2.45, 2.75) is 20.0 Å². The number of aryl methyl sites for hydroxylation is 1. The molecule has 1 heterocycles. The van der Waals surface area contributed by atoms with E-state index in [2.05, 4.69) is 26.1 Å². The van der Waals surface area contributed by atoms with Gasteiger partial charge in [-0.25, -0.2) is 22.6 Å². The van der Waals surface area contributed by atoms with Crippen LogP contribution in [0, 0.1) is 24.4 Å². The van der Waals surface area contributed by atoms with E-state index >= 15 is 0 Å². The van der Waals surface area contributed by atoms with Gasteiger partial charge in [0.25, 0.3) is 0 Å². The van der Waals surface area contributed by atoms with Gasteiger partial charge in [-0.2, -0.15) is 0 Å². The minimum atomic E-state index is -0.801. The Kier molecular flexibility index (Phi) is 9.77. The maximum absolute atomic E-state index is 13.5. The number of hydrogen-bond donors (Lipinski definition) is 3. The van der Waals surface area contributed by atoms with Crippen molar-refractivity contribution < 1.29 is 37.3 Å². The molecule has 0 aliphatic carbocycles. The van der Waals surface area contributed by atoms with E-state index in [1.54, 1.807) is 19.1 Å². The number of aromatic nitrogens is 2. The fourth-order valence-electron chi connectivity index (χ4n) is 3.12. The first-order valence-electron chi connectivity index (χ1n) is 10.8. The second-order valence-electron chi connectivity index (χ2n) is 7.57. The zero-order valence-electron chi connectivity index (χ0n) is 19.3. The summed E-state index contributed by atoms with van der Waals surface area (Å²) in [4.78, 5) is 11.7. The number of urea groups is 1. The lowest BCUT2D eigenvalue weighted by molar-refractivity contribution is 0.0401. The van der Waals surface area contributed by atoms with Gasteiger partial charge in [-0.15, -0.1) is 0 Å². The van der Waals surface area contributed by atoms with Crippen LogP contribution in [0.5, 0.6) is 0 Å². The van der Waals surface area contributed by atoms with E-state index < -0.39 is 17.7 Å². The maximum atomic E-state index is 13.5. The van der Waals surface area contributed by atoms with Crippen LogP contribution in [0.4, 0.5) is 23.7 Å². The third-order valence-electron chi connectivity index (χ3n) is 4.81. The highest BCUT2D eigenvalue weighted by Crippen LogP contribution is 2.15. The molecule has 0 unspecified atom stereocenters. The monoisotopic (exact) mass is 507 g/mol. The van der Waals surface area contributed by atoms with Gasteiger partial charge in [0.2, 0.25) is 0 Å². The number of rotatable bonds is 12. The van der Waals surface area contributed by atoms with Crippen LogP contribution in [0.2, 0.25) is 0 Å². The molecule has 0 bridgehead atoms. The molecule has 3 aromatic rings. The lowest BCUT2D eigenvalue weighted by Crippen LogP contribution is -2.31. The van der Waals surface area contributed by atoms with Gasteiger partial charge < -0.3 is 25.3 Å².